The minimum atomic E-state index is -4.15. The molecule has 0 spiro atoms. The Bertz CT molecular complexity index is 961. The van der Waals surface area contributed by atoms with E-state index < -0.39 is 26.6 Å². The number of sulfonamides is 1. The van der Waals surface area contributed by atoms with Crippen LogP contribution in [0.25, 0.3) is 11.3 Å². The number of hydrogen-bond acceptors (Lipinski definition) is 5. The van der Waals surface area contributed by atoms with E-state index in [2.05, 4.69) is 14.7 Å². The van der Waals surface area contributed by atoms with E-state index in [0.717, 1.165) is 17.7 Å². The van der Waals surface area contributed by atoms with Crippen molar-refractivity contribution in [2.45, 2.75) is 11.4 Å². The van der Waals surface area contributed by atoms with Crippen molar-refractivity contribution in [1.29, 1.82) is 0 Å². The highest BCUT2D eigenvalue weighted by molar-refractivity contribution is 7.89. The molecule has 1 N–H and O–H groups in total. The molecule has 9 heteroatoms. The average Bonchev–Trinajstić information content (AvgIpc) is 3.07. The van der Waals surface area contributed by atoms with Crippen molar-refractivity contribution < 1.29 is 17.2 Å². The Morgan fingerprint density at radius 3 is 2.62 bits per heavy atom. The lowest BCUT2D eigenvalue weighted by atomic mass is 10.2. The molecule has 24 heavy (non-hydrogen) atoms. The fourth-order valence-electron chi connectivity index (χ4n) is 2.07. The predicted octanol–water partition coefficient (Wildman–Crippen LogP) is 2.96. The molecule has 124 valence electrons. The van der Waals surface area contributed by atoms with Gasteiger partial charge in [0.2, 0.25) is 10.0 Å². The van der Waals surface area contributed by atoms with Gasteiger partial charge in [-0.3, -0.25) is 9.97 Å². The van der Waals surface area contributed by atoms with Gasteiger partial charge in [0.15, 0.2) is 0 Å². The maximum absolute atomic E-state index is 13.7. The third-order valence-corrected chi connectivity index (χ3v) is 5.30. The lowest BCUT2D eigenvalue weighted by molar-refractivity contribution is 0.542. The van der Waals surface area contributed by atoms with E-state index in [1.807, 2.05) is 16.8 Å². The molecule has 2 aromatic heterocycles. The van der Waals surface area contributed by atoms with Crippen LogP contribution in [0.4, 0.5) is 8.78 Å². The second kappa shape index (κ2) is 6.71. The molecule has 0 atom stereocenters. The Morgan fingerprint density at radius 2 is 1.92 bits per heavy atom. The minimum Gasteiger partial charge on any atom is -0.256 e. The molecule has 0 bridgehead atoms. The van der Waals surface area contributed by atoms with Gasteiger partial charge >= 0.3 is 0 Å². The summed E-state index contributed by atoms with van der Waals surface area (Å²) in [6, 6.07) is 4.13. The molecule has 0 fully saturated rings. The number of halogens is 2. The van der Waals surface area contributed by atoms with Crippen molar-refractivity contribution in [2.24, 2.45) is 0 Å². The third kappa shape index (κ3) is 3.48. The number of benzene rings is 1. The summed E-state index contributed by atoms with van der Waals surface area (Å²) in [6.45, 7) is -0.168. The van der Waals surface area contributed by atoms with Crippen LogP contribution < -0.4 is 4.72 Å². The molecule has 0 saturated heterocycles. The first-order valence-electron chi connectivity index (χ1n) is 6.74. The molecule has 0 aliphatic carbocycles. The second-order valence-corrected chi connectivity index (χ2v) is 7.28. The van der Waals surface area contributed by atoms with Gasteiger partial charge in [0, 0.05) is 29.4 Å². The Labute approximate surface area is 141 Å². The van der Waals surface area contributed by atoms with Crippen LogP contribution >= 0.6 is 11.3 Å². The van der Waals surface area contributed by atoms with Gasteiger partial charge in [-0.05, 0) is 23.6 Å². The zero-order valence-electron chi connectivity index (χ0n) is 12.1. The number of thiophene rings is 1. The standard InChI is InChI=1S/C15H11F2N3O2S2/c16-11-1-2-14(12(17)7-11)24(21,22)20-8-13-15(19-5-4-18-13)10-3-6-23-9-10/h1-7,9,20H,8H2. The second-order valence-electron chi connectivity index (χ2n) is 4.76. The Morgan fingerprint density at radius 1 is 1.12 bits per heavy atom. The highest BCUT2D eigenvalue weighted by Gasteiger charge is 2.20. The van der Waals surface area contributed by atoms with Gasteiger partial charge in [0.05, 0.1) is 17.9 Å². The molecule has 0 unspecified atom stereocenters. The van der Waals surface area contributed by atoms with Gasteiger partial charge in [-0.2, -0.15) is 11.3 Å². The summed E-state index contributed by atoms with van der Waals surface area (Å²) in [6.07, 6.45) is 2.95. The lowest BCUT2D eigenvalue weighted by Gasteiger charge is -2.09. The molecule has 2 heterocycles. The number of hydrogen-bond donors (Lipinski definition) is 1. The van der Waals surface area contributed by atoms with Gasteiger partial charge < -0.3 is 0 Å². The Balaban J connectivity index is 1.86. The summed E-state index contributed by atoms with van der Waals surface area (Å²) < 4.78 is 53.3. The lowest BCUT2D eigenvalue weighted by Crippen LogP contribution is -2.25. The van der Waals surface area contributed by atoms with Gasteiger partial charge in [-0.1, -0.05) is 0 Å². The highest BCUT2D eigenvalue weighted by atomic mass is 32.2. The van der Waals surface area contributed by atoms with Crippen molar-refractivity contribution >= 4 is 21.4 Å². The molecule has 1 aromatic carbocycles. The minimum absolute atomic E-state index is 0.168. The van der Waals surface area contributed by atoms with Crippen LogP contribution in [-0.4, -0.2) is 18.4 Å². The largest absolute Gasteiger partial charge is 0.256 e. The van der Waals surface area contributed by atoms with Gasteiger partial charge in [-0.25, -0.2) is 21.9 Å². The van der Waals surface area contributed by atoms with Crippen LogP contribution in [-0.2, 0) is 16.6 Å². The monoisotopic (exact) mass is 367 g/mol. The first kappa shape index (κ1) is 16.6. The molecule has 0 saturated carbocycles. The van der Waals surface area contributed by atoms with Crippen molar-refractivity contribution in [3.8, 4) is 11.3 Å². The van der Waals surface area contributed by atoms with Crippen LogP contribution in [0.3, 0.4) is 0 Å². The molecule has 3 aromatic rings. The van der Waals surface area contributed by atoms with Gasteiger partial charge in [0.25, 0.3) is 0 Å². The van der Waals surface area contributed by atoms with Gasteiger partial charge in [-0.15, -0.1) is 0 Å². The molecule has 5 nitrogen and oxygen atoms in total. The first-order chi connectivity index (χ1) is 11.5. The zero-order chi connectivity index (χ0) is 17.2. The van der Waals surface area contributed by atoms with E-state index in [9.17, 15) is 17.2 Å². The van der Waals surface area contributed by atoms with Crippen molar-refractivity contribution in [3.05, 3.63) is 64.7 Å². The van der Waals surface area contributed by atoms with Gasteiger partial charge in [0.1, 0.15) is 16.5 Å². The van der Waals surface area contributed by atoms with E-state index in [1.54, 1.807) is 0 Å². The molecule has 0 aliphatic heterocycles. The van der Waals surface area contributed by atoms with E-state index in [-0.39, 0.29) is 6.54 Å². The fourth-order valence-corrected chi connectivity index (χ4v) is 3.76. The SMILES string of the molecule is O=S(=O)(NCc1nccnc1-c1ccsc1)c1ccc(F)cc1F. The topological polar surface area (TPSA) is 72.0 Å². The molecule has 3 rings (SSSR count). The summed E-state index contributed by atoms with van der Waals surface area (Å²) in [4.78, 5) is 7.72. The van der Waals surface area contributed by atoms with Crippen LogP contribution in [0.1, 0.15) is 5.69 Å². The van der Waals surface area contributed by atoms with Crippen LogP contribution in [0.2, 0.25) is 0 Å². The van der Waals surface area contributed by atoms with E-state index in [1.165, 1.54) is 23.7 Å². The van der Waals surface area contributed by atoms with E-state index >= 15 is 0 Å². The average molecular weight is 367 g/mol. The summed E-state index contributed by atoms with van der Waals surface area (Å²) >= 11 is 1.48. The summed E-state index contributed by atoms with van der Waals surface area (Å²) in [5, 5.41) is 3.73. The predicted molar refractivity (Wildman–Crippen MR) is 85.7 cm³/mol. The maximum atomic E-state index is 13.7. The first-order valence-corrected chi connectivity index (χ1v) is 9.17. The smallest absolute Gasteiger partial charge is 0.243 e. The Hall–Kier alpha value is -2.23. The number of aromatic nitrogens is 2. The summed E-state index contributed by atoms with van der Waals surface area (Å²) in [5.41, 5.74) is 1.76. The highest BCUT2D eigenvalue weighted by Crippen LogP contribution is 2.23. The van der Waals surface area contributed by atoms with Crippen LogP contribution in [0.15, 0.2) is 52.3 Å². The molecular formula is C15H11F2N3O2S2. The molecule has 0 aliphatic rings. The van der Waals surface area contributed by atoms with Crippen molar-refractivity contribution in [2.75, 3.05) is 0 Å². The molecule has 0 amide bonds. The molecule has 0 radical (unpaired) electrons. The Kier molecular flexibility index (Phi) is 4.65. The van der Waals surface area contributed by atoms with Crippen LogP contribution in [0, 0.1) is 11.6 Å². The normalized spacial score (nSPS) is 11.6. The van der Waals surface area contributed by atoms with E-state index in [4.69, 9.17) is 0 Å². The quantitative estimate of drug-likeness (QED) is 0.753. The van der Waals surface area contributed by atoms with Crippen molar-refractivity contribution in [1.82, 2.24) is 14.7 Å². The molecular weight excluding hydrogens is 356 g/mol. The maximum Gasteiger partial charge on any atom is 0.243 e. The number of rotatable bonds is 5. The van der Waals surface area contributed by atoms with Crippen LogP contribution in [0.5, 0.6) is 0 Å². The zero-order valence-corrected chi connectivity index (χ0v) is 13.7. The number of nitrogens with one attached hydrogen (secondary N) is 1. The summed E-state index contributed by atoms with van der Waals surface area (Å²) in [7, 11) is -4.15. The number of nitrogens with zero attached hydrogens (tertiary/aromatic N) is 2. The third-order valence-electron chi connectivity index (χ3n) is 3.18. The van der Waals surface area contributed by atoms with E-state index in [0.29, 0.717) is 17.5 Å². The summed E-state index contributed by atoms with van der Waals surface area (Å²) in [5.74, 6) is -2.00. The fraction of sp³-hybridized carbons (Fsp3) is 0.0667. The van der Waals surface area contributed by atoms with Crippen molar-refractivity contribution in [3.63, 3.8) is 0 Å².